The van der Waals surface area contributed by atoms with Crippen LogP contribution in [0, 0.1) is 0 Å². The zero-order valence-electron chi connectivity index (χ0n) is 17.7. The van der Waals surface area contributed by atoms with Crippen LogP contribution < -0.4 is 20.5 Å². The van der Waals surface area contributed by atoms with Gasteiger partial charge in [0, 0.05) is 36.6 Å². The minimum absolute atomic E-state index is 0.306. The molecule has 0 aliphatic heterocycles. The van der Waals surface area contributed by atoms with Crippen molar-refractivity contribution in [2.75, 3.05) is 32.5 Å². The number of fused-ring (bicyclic) bond motifs is 1. The van der Waals surface area contributed by atoms with Gasteiger partial charge in [0.1, 0.15) is 17.8 Å². The fraction of sp³-hybridized carbons (Fsp3) is 0.250. The Morgan fingerprint density at radius 3 is 2.91 bits per heavy atom. The maximum atomic E-state index is 10.7. The normalized spacial score (nSPS) is 12.3. The molecule has 11 nitrogen and oxygen atoms in total. The largest absolute Gasteiger partial charge is 0.497 e. The molecule has 174 valence electrons. The highest BCUT2D eigenvalue weighted by atomic mass is 32.2. The minimum Gasteiger partial charge on any atom is -0.497 e. The summed E-state index contributed by atoms with van der Waals surface area (Å²) in [5.41, 5.74) is 8.12. The number of nitrogens with zero attached hydrogens (tertiary/aromatic N) is 4. The Morgan fingerprint density at radius 1 is 1.27 bits per heavy atom. The molecule has 33 heavy (non-hydrogen) atoms. The average molecular weight is 490 g/mol. The van der Waals surface area contributed by atoms with Crippen molar-refractivity contribution in [2.24, 2.45) is 0 Å². The van der Waals surface area contributed by atoms with Gasteiger partial charge in [-0.3, -0.25) is 4.55 Å². The van der Waals surface area contributed by atoms with E-state index in [9.17, 15) is 4.21 Å². The van der Waals surface area contributed by atoms with E-state index in [-0.39, 0.29) is 0 Å². The lowest BCUT2D eigenvalue weighted by molar-refractivity contribution is 0.413. The van der Waals surface area contributed by atoms with E-state index in [4.69, 9.17) is 24.4 Å². The SMILES string of the molecule is COc1ccc(-c2ccco2)c(Sc2nc3c(N)ncnc3n2CCNCCNS(=O)O)c1. The standard InChI is InChI=1S/C20H23N7O4S2/c1-30-13-4-5-14(15-3-2-10-31-15)16(11-13)32-20-26-17-18(21)23-12-24-19(17)27(20)9-8-22-6-7-25-33(28)29/h2-5,10-12,22,25H,6-9H2,1H3,(H,28,29)(H2,21,23,24). The van der Waals surface area contributed by atoms with Crippen LogP contribution >= 0.6 is 11.8 Å². The molecule has 0 radical (unpaired) electrons. The number of ether oxygens (including phenoxy) is 1. The van der Waals surface area contributed by atoms with Gasteiger partial charge < -0.3 is 24.8 Å². The van der Waals surface area contributed by atoms with Crippen molar-refractivity contribution in [1.29, 1.82) is 0 Å². The van der Waals surface area contributed by atoms with Crippen molar-refractivity contribution in [3.05, 3.63) is 42.9 Å². The molecular formula is C20H23N7O4S2. The van der Waals surface area contributed by atoms with E-state index in [0.29, 0.717) is 54.1 Å². The number of methoxy groups -OCH3 is 1. The number of benzene rings is 1. The lowest BCUT2D eigenvalue weighted by atomic mass is 10.1. The van der Waals surface area contributed by atoms with E-state index >= 15 is 0 Å². The predicted molar refractivity (Wildman–Crippen MR) is 126 cm³/mol. The van der Waals surface area contributed by atoms with Gasteiger partial charge in [0.15, 0.2) is 22.1 Å². The number of furan rings is 1. The Labute approximate surface area is 196 Å². The van der Waals surface area contributed by atoms with Crippen molar-refractivity contribution in [1.82, 2.24) is 29.6 Å². The van der Waals surface area contributed by atoms with Crippen LogP contribution in [0.4, 0.5) is 5.82 Å². The fourth-order valence-electron chi connectivity index (χ4n) is 3.20. The van der Waals surface area contributed by atoms with E-state index in [0.717, 1.165) is 16.2 Å². The van der Waals surface area contributed by atoms with Crippen LogP contribution in [0.3, 0.4) is 0 Å². The number of imidazole rings is 1. The summed E-state index contributed by atoms with van der Waals surface area (Å²) in [6, 6.07) is 9.49. The molecule has 3 aromatic heterocycles. The van der Waals surface area contributed by atoms with E-state index < -0.39 is 11.3 Å². The first-order chi connectivity index (χ1) is 16.1. The molecule has 0 aliphatic carbocycles. The van der Waals surface area contributed by atoms with Crippen molar-refractivity contribution < 1.29 is 17.9 Å². The number of nitrogen functional groups attached to an aromatic ring is 1. The molecule has 1 atom stereocenters. The molecule has 0 fully saturated rings. The molecule has 0 saturated heterocycles. The number of aromatic nitrogens is 4. The van der Waals surface area contributed by atoms with Crippen LogP contribution in [-0.2, 0) is 17.8 Å². The van der Waals surface area contributed by atoms with Gasteiger partial charge in [0.2, 0.25) is 11.3 Å². The van der Waals surface area contributed by atoms with E-state index in [2.05, 4.69) is 20.0 Å². The van der Waals surface area contributed by atoms with Crippen molar-refractivity contribution >= 4 is 40.0 Å². The topological polar surface area (TPSA) is 153 Å². The summed E-state index contributed by atoms with van der Waals surface area (Å²) in [5, 5.41) is 3.92. The lowest BCUT2D eigenvalue weighted by Gasteiger charge is -2.12. The third kappa shape index (κ3) is 5.51. The first-order valence-corrected chi connectivity index (χ1v) is 11.9. The molecule has 1 aromatic carbocycles. The second-order valence-corrected chi connectivity index (χ2v) is 8.61. The van der Waals surface area contributed by atoms with E-state index in [1.165, 1.54) is 18.1 Å². The number of hydrogen-bond donors (Lipinski definition) is 4. The van der Waals surface area contributed by atoms with Gasteiger partial charge >= 0.3 is 0 Å². The average Bonchev–Trinajstić information content (AvgIpc) is 3.45. The van der Waals surface area contributed by atoms with Gasteiger partial charge in [-0.1, -0.05) is 11.8 Å². The summed E-state index contributed by atoms with van der Waals surface area (Å²) in [6.07, 6.45) is 3.05. The van der Waals surface area contributed by atoms with Crippen LogP contribution in [0.25, 0.3) is 22.5 Å². The van der Waals surface area contributed by atoms with Crippen molar-refractivity contribution in [2.45, 2.75) is 16.6 Å². The van der Waals surface area contributed by atoms with Gasteiger partial charge in [-0.15, -0.1) is 0 Å². The van der Waals surface area contributed by atoms with E-state index in [1.807, 2.05) is 34.9 Å². The summed E-state index contributed by atoms with van der Waals surface area (Å²) in [4.78, 5) is 14.1. The van der Waals surface area contributed by atoms with Crippen LogP contribution in [0.15, 0.2) is 57.4 Å². The van der Waals surface area contributed by atoms with Crippen LogP contribution in [0.1, 0.15) is 0 Å². The third-order valence-corrected chi connectivity index (χ3v) is 6.24. The summed E-state index contributed by atoms with van der Waals surface area (Å²) < 4.78 is 34.9. The highest BCUT2D eigenvalue weighted by Gasteiger charge is 2.18. The van der Waals surface area contributed by atoms with Crippen molar-refractivity contribution in [3.8, 4) is 17.1 Å². The van der Waals surface area contributed by atoms with Gasteiger partial charge in [0.25, 0.3) is 0 Å². The lowest BCUT2D eigenvalue weighted by Crippen LogP contribution is -2.30. The Bertz CT molecular complexity index is 1250. The Balaban J connectivity index is 1.63. The minimum atomic E-state index is -2.02. The van der Waals surface area contributed by atoms with Crippen LogP contribution in [0.2, 0.25) is 0 Å². The first-order valence-electron chi connectivity index (χ1n) is 9.98. The van der Waals surface area contributed by atoms with Gasteiger partial charge in [-0.25, -0.2) is 23.9 Å². The maximum absolute atomic E-state index is 10.7. The number of nitrogens with one attached hydrogen (secondary N) is 2. The Hall–Kier alpha value is -2.97. The summed E-state index contributed by atoms with van der Waals surface area (Å²) in [7, 11) is 1.62. The molecule has 3 heterocycles. The monoisotopic (exact) mass is 489 g/mol. The number of hydrogen-bond acceptors (Lipinski definition) is 9. The van der Waals surface area contributed by atoms with Gasteiger partial charge in [-0.2, -0.15) is 0 Å². The highest BCUT2D eigenvalue weighted by Crippen LogP contribution is 2.39. The molecular weight excluding hydrogens is 466 g/mol. The number of rotatable bonds is 11. The summed E-state index contributed by atoms with van der Waals surface area (Å²) in [6.45, 7) is 2.03. The molecule has 0 saturated carbocycles. The molecule has 4 rings (SSSR count). The molecule has 0 amide bonds. The number of nitrogens with two attached hydrogens (primary N) is 1. The fourth-order valence-corrected chi connectivity index (χ4v) is 4.56. The van der Waals surface area contributed by atoms with E-state index in [1.54, 1.807) is 13.4 Å². The molecule has 0 aliphatic rings. The number of anilines is 1. The zero-order valence-corrected chi connectivity index (χ0v) is 19.4. The highest BCUT2D eigenvalue weighted by molar-refractivity contribution is 7.99. The summed E-state index contributed by atoms with van der Waals surface area (Å²) >= 11 is -0.573. The van der Waals surface area contributed by atoms with Crippen LogP contribution in [0.5, 0.6) is 5.75 Å². The summed E-state index contributed by atoms with van der Waals surface area (Å²) in [5.74, 6) is 1.75. The molecule has 1 unspecified atom stereocenters. The Morgan fingerprint density at radius 2 is 2.15 bits per heavy atom. The third-order valence-electron chi connectivity index (χ3n) is 4.74. The van der Waals surface area contributed by atoms with Crippen LogP contribution in [-0.4, -0.2) is 55.0 Å². The van der Waals surface area contributed by atoms with Gasteiger partial charge in [-0.05, 0) is 30.3 Å². The van der Waals surface area contributed by atoms with Gasteiger partial charge in [0.05, 0.1) is 13.4 Å². The van der Waals surface area contributed by atoms with Crippen molar-refractivity contribution in [3.63, 3.8) is 0 Å². The Kier molecular flexibility index (Phi) is 7.57. The quantitative estimate of drug-likeness (QED) is 0.182. The first kappa shape index (κ1) is 23.2. The molecule has 13 heteroatoms. The molecule has 0 bridgehead atoms. The predicted octanol–water partition coefficient (Wildman–Crippen LogP) is 2.14. The smallest absolute Gasteiger partial charge is 0.231 e. The zero-order chi connectivity index (χ0) is 23.2. The molecule has 0 spiro atoms. The molecule has 5 N–H and O–H groups in total. The second kappa shape index (κ2) is 10.8. The maximum Gasteiger partial charge on any atom is 0.231 e. The second-order valence-electron chi connectivity index (χ2n) is 6.81. The molecule has 4 aromatic rings.